The third kappa shape index (κ3) is 3.70. The molecule has 11 nitrogen and oxygen atoms in total. The molecule has 4 rings (SSSR count). The summed E-state index contributed by atoms with van der Waals surface area (Å²) in [4.78, 5) is 44.2. The van der Waals surface area contributed by atoms with Crippen LogP contribution in [-0.4, -0.2) is 77.1 Å². The van der Waals surface area contributed by atoms with Crippen LogP contribution in [0.4, 0.5) is 0 Å². The molecule has 2 aliphatic heterocycles. The Bertz CT molecular complexity index is 1110. The Balaban J connectivity index is 1.79. The number of nitrogens with one attached hydrogen (secondary N) is 1. The van der Waals surface area contributed by atoms with Crippen LogP contribution in [-0.2, 0) is 18.9 Å². The van der Waals surface area contributed by atoms with Gasteiger partial charge in [-0.05, 0) is 26.3 Å². The summed E-state index contributed by atoms with van der Waals surface area (Å²) in [6.07, 6.45) is 3.25. The fourth-order valence-corrected chi connectivity index (χ4v) is 4.86. The number of hydrogen-bond acceptors (Lipinski definition) is 7. The van der Waals surface area contributed by atoms with Crippen molar-refractivity contribution >= 4 is 17.1 Å². The monoisotopic (exact) mass is 434 g/mol. The van der Waals surface area contributed by atoms with E-state index in [-0.39, 0.29) is 42.6 Å². The normalized spacial score (nSPS) is 29.8. The molecule has 2 aliphatic rings. The molecule has 3 N–H and O–H groups in total. The van der Waals surface area contributed by atoms with Gasteiger partial charge in [0.2, 0.25) is 5.91 Å². The quantitative estimate of drug-likeness (QED) is 0.521. The van der Waals surface area contributed by atoms with Crippen molar-refractivity contribution in [2.75, 3.05) is 19.6 Å². The second-order valence-corrected chi connectivity index (χ2v) is 9.01. The van der Waals surface area contributed by atoms with Crippen molar-refractivity contribution in [1.29, 1.82) is 0 Å². The summed E-state index contributed by atoms with van der Waals surface area (Å²) in [5, 5.41) is 25.0. The lowest BCUT2D eigenvalue weighted by Crippen LogP contribution is -2.51. The first-order valence-corrected chi connectivity index (χ1v) is 10.7. The topological polar surface area (TPSA) is 135 Å². The van der Waals surface area contributed by atoms with Gasteiger partial charge in [-0.3, -0.25) is 18.7 Å². The highest BCUT2D eigenvalue weighted by Crippen LogP contribution is 2.33. The number of hydrogen-bond donors (Lipinski definition) is 3. The Morgan fingerprint density at radius 1 is 1.23 bits per heavy atom. The lowest BCUT2D eigenvalue weighted by Gasteiger charge is -2.35. The Hall–Kier alpha value is -2.50. The maximum absolute atomic E-state index is 13.2. The Morgan fingerprint density at radius 2 is 1.97 bits per heavy atom. The maximum Gasteiger partial charge on any atom is 0.332 e. The molecule has 0 unspecified atom stereocenters. The molecule has 170 valence electrons. The maximum atomic E-state index is 13.2. The second kappa shape index (κ2) is 7.88. The number of fused-ring (bicyclic) bond motifs is 1. The van der Waals surface area contributed by atoms with Crippen molar-refractivity contribution < 1.29 is 15.0 Å². The van der Waals surface area contributed by atoms with Crippen molar-refractivity contribution in [2.45, 2.75) is 56.4 Å². The molecule has 2 aromatic heterocycles. The van der Waals surface area contributed by atoms with Crippen LogP contribution in [0.15, 0.2) is 15.9 Å². The minimum atomic E-state index is -1.41. The van der Waals surface area contributed by atoms with Crippen LogP contribution in [0.5, 0.6) is 0 Å². The first kappa shape index (κ1) is 21.7. The number of imidazole rings is 1. The average molecular weight is 434 g/mol. The number of β-amino-alcohol motifs (C(OH)–C–C–N with tert-alkyl or cyclic N) is 1. The first-order chi connectivity index (χ1) is 14.6. The molecular formula is C20H30N6O5. The molecule has 4 atom stereocenters. The highest BCUT2D eigenvalue weighted by Gasteiger charge is 2.43. The molecule has 2 fully saturated rings. The van der Waals surface area contributed by atoms with Crippen molar-refractivity contribution in [1.82, 2.24) is 28.9 Å². The van der Waals surface area contributed by atoms with Gasteiger partial charge < -0.3 is 25.0 Å². The lowest BCUT2D eigenvalue weighted by atomic mass is 9.91. The summed E-state index contributed by atoms with van der Waals surface area (Å²) in [5.74, 6) is -0.119. The summed E-state index contributed by atoms with van der Waals surface area (Å²) >= 11 is 0. The van der Waals surface area contributed by atoms with Gasteiger partial charge in [-0.2, -0.15) is 0 Å². The van der Waals surface area contributed by atoms with Crippen molar-refractivity contribution in [3.63, 3.8) is 0 Å². The van der Waals surface area contributed by atoms with E-state index in [4.69, 9.17) is 0 Å². The van der Waals surface area contributed by atoms with Crippen LogP contribution >= 0.6 is 0 Å². The zero-order chi connectivity index (χ0) is 22.5. The SMILES string of the molecule is Cn1c(=O)c2c(ncn2[C@@H]2CN(C(=O)[C@@H]3CCCCN3)C[C@@H](O)C[C@@]2(C)O)n(C)c1=O. The van der Waals surface area contributed by atoms with E-state index in [1.54, 1.807) is 16.4 Å². The number of carbonyl (C=O) groups is 1. The van der Waals surface area contributed by atoms with Crippen LogP contribution in [0.1, 0.15) is 38.6 Å². The van der Waals surface area contributed by atoms with Gasteiger partial charge in [-0.15, -0.1) is 0 Å². The number of amides is 1. The van der Waals surface area contributed by atoms with E-state index in [1.165, 1.54) is 25.0 Å². The van der Waals surface area contributed by atoms with Crippen LogP contribution in [0.25, 0.3) is 11.2 Å². The van der Waals surface area contributed by atoms with Gasteiger partial charge in [-0.1, -0.05) is 6.42 Å². The van der Waals surface area contributed by atoms with E-state index in [1.807, 2.05) is 0 Å². The molecule has 4 heterocycles. The first-order valence-electron chi connectivity index (χ1n) is 10.7. The summed E-state index contributed by atoms with van der Waals surface area (Å²) in [5.41, 5.74) is -2.05. The zero-order valence-electron chi connectivity index (χ0n) is 18.1. The van der Waals surface area contributed by atoms with E-state index in [0.717, 1.165) is 30.4 Å². The van der Waals surface area contributed by atoms with Gasteiger partial charge in [0.1, 0.15) is 0 Å². The molecule has 0 saturated carbocycles. The van der Waals surface area contributed by atoms with Crippen LogP contribution in [0.2, 0.25) is 0 Å². The fourth-order valence-electron chi connectivity index (χ4n) is 4.86. The lowest BCUT2D eigenvalue weighted by molar-refractivity contribution is -0.135. The molecular weight excluding hydrogens is 404 g/mol. The minimum Gasteiger partial charge on any atom is -0.391 e. The van der Waals surface area contributed by atoms with E-state index >= 15 is 0 Å². The van der Waals surface area contributed by atoms with Crippen molar-refractivity contribution in [2.24, 2.45) is 14.1 Å². The highest BCUT2D eigenvalue weighted by molar-refractivity contribution is 5.82. The summed E-state index contributed by atoms with van der Waals surface area (Å²) < 4.78 is 3.82. The number of aromatic nitrogens is 4. The summed E-state index contributed by atoms with van der Waals surface area (Å²) in [7, 11) is 2.92. The van der Waals surface area contributed by atoms with Crippen LogP contribution in [0.3, 0.4) is 0 Å². The van der Waals surface area contributed by atoms with E-state index in [9.17, 15) is 24.6 Å². The summed E-state index contributed by atoms with van der Waals surface area (Å²) in [6, 6.07) is -1.05. The molecule has 1 amide bonds. The number of piperidine rings is 1. The molecule has 11 heteroatoms. The van der Waals surface area contributed by atoms with Crippen LogP contribution < -0.4 is 16.6 Å². The molecule has 0 aromatic carbocycles. The second-order valence-electron chi connectivity index (χ2n) is 9.01. The zero-order valence-corrected chi connectivity index (χ0v) is 18.1. The van der Waals surface area contributed by atoms with E-state index in [2.05, 4.69) is 10.3 Å². The van der Waals surface area contributed by atoms with E-state index in [0.29, 0.717) is 0 Å². The average Bonchev–Trinajstić information content (AvgIpc) is 3.12. The molecule has 2 aromatic rings. The van der Waals surface area contributed by atoms with Gasteiger partial charge in [0, 0.05) is 33.6 Å². The number of aliphatic hydroxyl groups excluding tert-OH is 1. The molecule has 0 bridgehead atoms. The van der Waals surface area contributed by atoms with Gasteiger partial charge in [0.25, 0.3) is 5.56 Å². The molecule has 0 radical (unpaired) electrons. The standard InChI is InChI=1S/C20H30N6O5/c1-20(31)8-12(27)9-25(17(28)13-6-4-5-7-21-13)10-14(20)26-11-22-16-15(26)18(29)24(3)19(30)23(16)2/h11-14,21,27,31H,4-10H2,1-3H3/t12-,13-,14+,20+/m0/s1. The highest BCUT2D eigenvalue weighted by atomic mass is 16.3. The van der Waals surface area contributed by atoms with Crippen LogP contribution in [0, 0.1) is 0 Å². The number of rotatable bonds is 2. The van der Waals surface area contributed by atoms with Gasteiger partial charge >= 0.3 is 5.69 Å². The smallest absolute Gasteiger partial charge is 0.332 e. The third-order valence-corrected chi connectivity index (χ3v) is 6.62. The Kier molecular flexibility index (Phi) is 5.52. The van der Waals surface area contributed by atoms with Gasteiger partial charge in [0.15, 0.2) is 11.2 Å². The molecule has 0 spiro atoms. The Morgan fingerprint density at radius 3 is 2.65 bits per heavy atom. The third-order valence-electron chi connectivity index (χ3n) is 6.62. The predicted molar refractivity (Wildman–Crippen MR) is 113 cm³/mol. The number of aliphatic hydroxyl groups is 2. The fraction of sp³-hybridized carbons (Fsp3) is 0.700. The van der Waals surface area contributed by atoms with Gasteiger partial charge in [-0.25, -0.2) is 9.78 Å². The number of aryl methyl sites for hydroxylation is 1. The number of nitrogens with zero attached hydrogens (tertiary/aromatic N) is 5. The number of carbonyl (C=O) groups excluding carboxylic acids is 1. The summed E-state index contributed by atoms with van der Waals surface area (Å²) in [6.45, 7) is 2.57. The number of likely N-dealkylation sites (tertiary alicyclic amines) is 1. The van der Waals surface area contributed by atoms with E-state index < -0.39 is 29.0 Å². The molecule has 31 heavy (non-hydrogen) atoms. The molecule has 2 saturated heterocycles. The van der Waals surface area contributed by atoms with Gasteiger partial charge in [0.05, 0.1) is 30.1 Å². The predicted octanol–water partition coefficient (Wildman–Crippen LogP) is -1.54. The van der Waals surface area contributed by atoms with Crippen molar-refractivity contribution in [3.8, 4) is 0 Å². The van der Waals surface area contributed by atoms with Crippen molar-refractivity contribution in [3.05, 3.63) is 27.2 Å². The minimum absolute atomic E-state index is 0.0330. The Labute approximate surface area is 178 Å². The largest absolute Gasteiger partial charge is 0.391 e. The molecule has 0 aliphatic carbocycles.